The van der Waals surface area contributed by atoms with Crippen molar-refractivity contribution in [1.29, 1.82) is 0 Å². The highest BCUT2D eigenvalue weighted by Gasteiger charge is 2.49. The number of hydrogen-bond donors (Lipinski definition) is 0. The van der Waals surface area contributed by atoms with Gasteiger partial charge in [-0.25, -0.2) is 4.79 Å². The molecule has 1 aromatic rings. The Labute approximate surface area is 154 Å². The third-order valence-corrected chi connectivity index (χ3v) is 4.15. The van der Waals surface area contributed by atoms with Gasteiger partial charge >= 0.3 is 12.1 Å². The van der Waals surface area contributed by atoms with E-state index in [1.165, 1.54) is 4.90 Å². The van der Waals surface area contributed by atoms with E-state index in [1.54, 1.807) is 34.6 Å². The molecule has 1 saturated heterocycles. The molecule has 26 heavy (non-hydrogen) atoms. The van der Waals surface area contributed by atoms with Gasteiger partial charge in [-0.05, 0) is 26.3 Å². The molecule has 1 unspecified atom stereocenters. The minimum atomic E-state index is -0.889. The summed E-state index contributed by atoms with van der Waals surface area (Å²) in [6.45, 7) is 9.10. The molecule has 0 radical (unpaired) electrons. The second-order valence-corrected chi connectivity index (χ2v) is 8.32. The van der Waals surface area contributed by atoms with Crippen molar-refractivity contribution in [2.24, 2.45) is 11.3 Å². The van der Waals surface area contributed by atoms with E-state index in [2.05, 4.69) is 0 Å². The molecule has 1 atom stereocenters. The lowest BCUT2D eigenvalue weighted by atomic mass is 9.73. The smallest absolute Gasteiger partial charge is 0.410 e. The standard InChI is InChI=1S/C20H27NO5/c1-19(2,3)26-17(23)16-15(22)11-21(13-20(16,4)5)18(24)25-12-14-9-7-6-8-10-14/h6-10,16H,11-13H2,1-5H3. The van der Waals surface area contributed by atoms with Crippen molar-refractivity contribution in [3.63, 3.8) is 0 Å². The second kappa shape index (κ2) is 7.48. The molecule has 0 spiro atoms. The van der Waals surface area contributed by atoms with E-state index < -0.39 is 29.0 Å². The lowest BCUT2D eigenvalue weighted by Gasteiger charge is -2.41. The third-order valence-electron chi connectivity index (χ3n) is 4.15. The van der Waals surface area contributed by atoms with Gasteiger partial charge in [0, 0.05) is 12.0 Å². The fourth-order valence-electron chi connectivity index (χ4n) is 3.11. The lowest BCUT2D eigenvalue weighted by molar-refractivity contribution is -0.169. The van der Waals surface area contributed by atoms with Crippen LogP contribution < -0.4 is 0 Å². The van der Waals surface area contributed by atoms with Gasteiger partial charge in [-0.3, -0.25) is 9.59 Å². The van der Waals surface area contributed by atoms with E-state index in [-0.39, 0.29) is 25.5 Å². The number of rotatable bonds is 3. The number of nitrogens with zero attached hydrogens (tertiary/aromatic N) is 1. The number of benzene rings is 1. The number of carbonyl (C=O) groups excluding carboxylic acids is 3. The van der Waals surface area contributed by atoms with Crippen molar-refractivity contribution in [3.05, 3.63) is 35.9 Å². The number of esters is 1. The van der Waals surface area contributed by atoms with Crippen molar-refractivity contribution in [2.75, 3.05) is 13.1 Å². The maximum Gasteiger partial charge on any atom is 0.410 e. The summed E-state index contributed by atoms with van der Waals surface area (Å²) in [6.07, 6.45) is -0.557. The molecule has 1 heterocycles. The second-order valence-electron chi connectivity index (χ2n) is 8.32. The molecule has 1 aromatic carbocycles. The minimum absolute atomic E-state index is 0.139. The largest absolute Gasteiger partial charge is 0.459 e. The van der Waals surface area contributed by atoms with Crippen LogP contribution >= 0.6 is 0 Å². The zero-order valence-electron chi connectivity index (χ0n) is 16.1. The first-order valence-corrected chi connectivity index (χ1v) is 8.71. The number of ketones is 1. The molecule has 1 aliphatic rings. The molecule has 0 bridgehead atoms. The predicted octanol–water partition coefficient (Wildman–Crippen LogP) is 3.19. The van der Waals surface area contributed by atoms with Crippen molar-refractivity contribution < 1.29 is 23.9 Å². The van der Waals surface area contributed by atoms with Gasteiger partial charge in [0.05, 0.1) is 6.54 Å². The van der Waals surface area contributed by atoms with E-state index in [1.807, 2.05) is 30.3 Å². The van der Waals surface area contributed by atoms with E-state index in [0.717, 1.165) is 5.56 Å². The van der Waals surface area contributed by atoms with Crippen molar-refractivity contribution in [3.8, 4) is 0 Å². The van der Waals surface area contributed by atoms with Gasteiger partial charge in [0.2, 0.25) is 0 Å². The molecule has 1 amide bonds. The van der Waals surface area contributed by atoms with Gasteiger partial charge in [0.25, 0.3) is 0 Å². The third kappa shape index (κ3) is 5.07. The fraction of sp³-hybridized carbons (Fsp3) is 0.550. The van der Waals surface area contributed by atoms with Crippen molar-refractivity contribution in [1.82, 2.24) is 4.90 Å². The predicted molar refractivity (Wildman–Crippen MR) is 96.3 cm³/mol. The highest BCUT2D eigenvalue weighted by molar-refractivity contribution is 6.02. The lowest BCUT2D eigenvalue weighted by Crippen LogP contribution is -2.56. The Morgan fingerprint density at radius 2 is 1.81 bits per heavy atom. The first-order chi connectivity index (χ1) is 12.0. The fourth-order valence-corrected chi connectivity index (χ4v) is 3.11. The molecule has 0 aliphatic carbocycles. The Morgan fingerprint density at radius 1 is 1.19 bits per heavy atom. The molecule has 2 rings (SSSR count). The molecule has 0 N–H and O–H groups in total. The van der Waals surface area contributed by atoms with Crippen LogP contribution in [0.15, 0.2) is 30.3 Å². The molecular formula is C20H27NO5. The molecule has 0 saturated carbocycles. The number of amides is 1. The maximum absolute atomic E-state index is 12.6. The summed E-state index contributed by atoms with van der Waals surface area (Å²) in [7, 11) is 0. The van der Waals surface area contributed by atoms with E-state index in [0.29, 0.717) is 0 Å². The van der Waals surface area contributed by atoms with Crippen LogP contribution in [0.1, 0.15) is 40.2 Å². The van der Waals surface area contributed by atoms with E-state index in [4.69, 9.17) is 9.47 Å². The number of piperidine rings is 1. The van der Waals surface area contributed by atoms with Gasteiger partial charge in [-0.1, -0.05) is 44.2 Å². The SMILES string of the molecule is CC(C)(C)OC(=O)C1C(=O)CN(C(=O)OCc2ccccc2)CC1(C)C. The summed E-state index contributed by atoms with van der Waals surface area (Å²) in [5.41, 5.74) is -0.530. The summed E-state index contributed by atoms with van der Waals surface area (Å²) < 4.78 is 10.7. The van der Waals surface area contributed by atoms with Crippen LogP contribution in [0.4, 0.5) is 4.79 Å². The Morgan fingerprint density at radius 3 is 2.35 bits per heavy atom. The molecule has 1 aliphatic heterocycles. The molecule has 142 valence electrons. The number of carbonyl (C=O) groups is 3. The van der Waals surface area contributed by atoms with Gasteiger partial charge in [-0.2, -0.15) is 0 Å². The molecule has 6 nitrogen and oxygen atoms in total. The zero-order chi connectivity index (χ0) is 19.5. The summed E-state index contributed by atoms with van der Waals surface area (Å²) >= 11 is 0. The van der Waals surface area contributed by atoms with Crippen LogP contribution in [0.25, 0.3) is 0 Å². The normalized spacial score (nSPS) is 19.8. The van der Waals surface area contributed by atoms with Gasteiger partial charge < -0.3 is 14.4 Å². The average molecular weight is 361 g/mol. The van der Waals surface area contributed by atoms with E-state index in [9.17, 15) is 14.4 Å². The Kier molecular flexibility index (Phi) is 5.74. The summed E-state index contributed by atoms with van der Waals surface area (Å²) in [5, 5.41) is 0. The van der Waals surface area contributed by atoms with Gasteiger partial charge in [0.15, 0.2) is 5.78 Å². The number of likely N-dealkylation sites (tertiary alicyclic amines) is 1. The summed E-state index contributed by atoms with van der Waals surface area (Å²) in [4.78, 5) is 38.7. The van der Waals surface area contributed by atoms with Crippen LogP contribution in [0.5, 0.6) is 0 Å². The van der Waals surface area contributed by atoms with Crippen LogP contribution in [0, 0.1) is 11.3 Å². The summed E-state index contributed by atoms with van der Waals surface area (Å²) in [6, 6.07) is 9.33. The highest BCUT2D eigenvalue weighted by atomic mass is 16.6. The average Bonchev–Trinajstić information content (AvgIpc) is 2.50. The summed E-state index contributed by atoms with van der Waals surface area (Å²) in [5.74, 6) is -1.75. The molecule has 1 fully saturated rings. The first-order valence-electron chi connectivity index (χ1n) is 8.71. The Balaban J connectivity index is 2.02. The monoisotopic (exact) mass is 361 g/mol. The molecule has 6 heteroatoms. The van der Waals surface area contributed by atoms with E-state index >= 15 is 0 Å². The van der Waals surface area contributed by atoms with Gasteiger partial charge in [0.1, 0.15) is 18.1 Å². The van der Waals surface area contributed by atoms with Crippen LogP contribution in [-0.4, -0.2) is 41.4 Å². The number of ether oxygens (including phenoxy) is 2. The van der Waals surface area contributed by atoms with Crippen molar-refractivity contribution in [2.45, 2.75) is 46.8 Å². The zero-order valence-corrected chi connectivity index (χ0v) is 16.1. The van der Waals surface area contributed by atoms with Crippen LogP contribution in [0.3, 0.4) is 0 Å². The maximum atomic E-state index is 12.6. The number of hydrogen-bond acceptors (Lipinski definition) is 5. The molecule has 0 aromatic heterocycles. The number of Topliss-reactive ketones (excluding diaryl/α,β-unsaturated/α-hetero) is 1. The Bertz CT molecular complexity index is 675. The quantitative estimate of drug-likeness (QED) is 0.611. The molecular weight excluding hydrogens is 334 g/mol. The first kappa shape index (κ1) is 19.9. The Hall–Kier alpha value is -2.37. The van der Waals surface area contributed by atoms with Crippen molar-refractivity contribution >= 4 is 17.8 Å². The minimum Gasteiger partial charge on any atom is -0.459 e. The van der Waals surface area contributed by atoms with Crippen LogP contribution in [-0.2, 0) is 25.7 Å². The van der Waals surface area contributed by atoms with Crippen LogP contribution in [0.2, 0.25) is 0 Å². The topological polar surface area (TPSA) is 72.9 Å². The van der Waals surface area contributed by atoms with Gasteiger partial charge in [-0.15, -0.1) is 0 Å². The highest BCUT2D eigenvalue weighted by Crippen LogP contribution is 2.35.